The van der Waals surface area contributed by atoms with Crippen molar-refractivity contribution >= 4 is 41.6 Å². The molecule has 0 unspecified atom stereocenters. The van der Waals surface area contributed by atoms with Crippen LogP contribution in [0.4, 0.5) is 4.79 Å². The Labute approximate surface area is 171 Å². The number of ether oxygens (including phenoxy) is 4. The normalized spacial score (nSPS) is 14.6. The second-order valence-electron chi connectivity index (χ2n) is 5.58. The summed E-state index contributed by atoms with van der Waals surface area (Å²) < 4.78 is 19.8. The van der Waals surface area contributed by atoms with Gasteiger partial charge in [-0.3, -0.25) is 9.59 Å². The Morgan fingerprint density at radius 3 is 2.45 bits per heavy atom. The lowest BCUT2D eigenvalue weighted by Gasteiger charge is -2.14. The van der Waals surface area contributed by atoms with Crippen molar-refractivity contribution in [1.29, 1.82) is 0 Å². The molecule has 2 rings (SSSR count). The zero-order valence-corrected chi connectivity index (χ0v) is 16.7. The van der Waals surface area contributed by atoms with Gasteiger partial charge >= 0.3 is 18.0 Å². The monoisotopic (exact) mass is 426 g/mol. The minimum Gasteiger partial charge on any atom is -0.490 e. The van der Waals surface area contributed by atoms with Crippen LogP contribution >= 0.6 is 11.6 Å². The fourth-order valence-corrected chi connectivity index (χ4v) is 2.61. The molecule has 0 radical (unpaired) electrons. The number of methoxy groups -OCH3 is 2. The summed E-state index contributed by atoms with van der Waals surface area (Å²) in [6.07, 6.45) is 1.37. The molecule has 1 saturated heterocycles. The van der Waals surface area contributed by atoms with Gasteiger partial charge in [-0.15, -0.1) is 0 Å². The molecule has 0 aliphatic carbocycles. The number of amides is 3. The molecule has 0 aromatic heterocycles. The molecule has 1 fully saturated rings. The molecule has 0 atom stereocenters. The van der Waals surface area contributed by atoms with Crippen molar-refractivity contribution in [2.45, 2.75) is 6.92 Å². The minimum absolute atomic E-state index is 0.0550. The summed E-state index contributed by atoms with van der Waals surface area (Å²) in [6, 6.07) is 2.24. The number of halogens is 1. The number of nitrogens with zero attached hydrogens (tertiary/aromatic N) is 1. The molecule has 11 heteroatoms. The first kappa shape index (κ1) is 22.0. The molecule has 0 bridgehead atoms. The van der Waals surface area contributed by atoms with E-state index in [1.54, 1.807) is 6.92 Å². The van der Waals surface area contributed by atoms with Crippen LogP contribution in [0.2, 0.25) is 5.02 Å². The minimum atomic E-state index is -0.749. The predicted molar refractivity (Wildman–Crippen MR) is 100 cm³/mol. The van der Waals surface area contributed by atoms with Crippen molar-refractivity contribution in [3.8, 4) is 11.5 Å². The first-order chi connectivity index (χ1) is 13.8. The molecule has 1 aliphatic heterocycles. The van der Waals surface area contributed by atoms with Gasteiger partial charge in [-0.05, 0) is 30.7 Å². The number of hydrogen-bond acceptors (Lipinski definition) is 8. The summed E-state index contributed by atoms with van der Waals surface area (Å²) in [5, 5.41) is 2.50. The van der Waals surface area contributed by atoms with E-state index in [1.165, 1.54) is 25.3 Å². The standard InChI is InChI=1S/C18H19ClN2O8/c1-4-28-13-7-10(5-11(19)16(13)29-9-15(23)27-3)6-12-17(24)21(18(25)20-12)8-14(22)26-2/h5-7H,4,8-9H2,1-3H3,(H,20,25)/b12-6+. The largest absolute Gasteiger partial charge is 0.490 e. The van der Waals surface area contributed by atoms with Gasteiger partial charge in [0.05, 0.1) is 25.8 Å². The molecule has 10 nitrogen and oxygen atoms in total. The average Bonchev–Trinajstić information content (AvgIpc) is 2.94. The Morgan fingerprint density at radius 2 is 1.83 bits per heavy atom. The van der Waals surface area contributed by atoms with Crippen LogP contribution in [0.5, 0.6) is 11.5 Å². The molecule has 1 aliphatic rings. The van der Waals surface area contributed by atoms with Crippen molar-refractivity contribution in [3.63, 3.8) is 0 Å². The first-order valence-electron chi connectivity index (χ1n) is 8.38. The quantitative estimate of drug-likeness (QED) is 0.376. The third-order valence-electron chi connectivity index (χ3n) is 3.68. The van der Waals surface area contributed by atoms with Crippen LogP contribution in [0.25, 0.3) is 6.08 Å². The van der Waals surface area contributed by atoms with E-state index in [2.05, 4.69) is 14.8 Å². The van der Waals surface area contributed by atoms with E-state index in [1.807, 2.05) is 0 Å². The van der Waals surface area contributed by atoms with E-state index in [0.29, 0.717) is 5.56 Å². The van der Waals surface area contributed by atoms with Crippen molar-refractivity contribution in [2.24, 2.45) is 0 Å². The van der Waals surface area contributed by atoms with E-state index in [0.717, 1.165) is 12.0 Å². The van der Waals surface area contributed by atoms with Gasteiger partial charge in [0.2, 0.25) is 0 Å². The zero-order valence-electron chi connectivity index (χ0n) is 15.9. The number of imide groups is 1. The van der Waals surface area contributed by atoms with Crippen molar-refractivity contribution < 1.29 is 38.1 Å². The number of rotatable bonds is 8. The summed E-state index contributed by atoms with van der Waals surface area (Å²) in [5.74, 6) is -1.65. The van der Waals surface area contributed by atoms with Gasteiger partial charge in [-0.25, -0.2) is 14.5 Å². The summed E-state index contributed by atoms with van der Waals surface area (Å²) in [6.45, 7) is 1.15. The molecular weight excluding hydrogens is 408 g/mol. The summed E-state index contributed by atoms with van der Waals surface area (Å²) in [5.41, 5.74) is 0.369. The van der Waals surface area contributed by atoms with Crippen LogP contribution in [0.3, 0.4) is 0 Å². The highest BCUT2D eigenvalue weighted by molar-refractivity contribution is 6.32. The molecule has 0 saturated carbocycles. The maximum absolute atomic E-state index is 12.4. The van der Waals surface area contributed by atoms with E-state index in [4.69, 9.17) is 21.1 Å². The number of urea groups is 1. The van der Waals surface area contributed by atoms with Crippen LogP contribution in [0, 0.1) is 0 Å². The Balaban J connectivity index is 2.30. The van der Waals surface area contributed by atoms with Crippen molar-refractivity contribution in [3.05, 3.63) is 28.4 Å². The van der Waals surface area contributed by atoms with Crippen molar-refractivity contribution in [1.82, 2.24) is 10.2 Å². The Morgan fingerprint density at radius 1 is 1.14 bits per heavy atom. The third kappa shape index (κ3) is 5.38. The second-order valence-corrected chi connectivity index (χ2v) is 5.99. The van der Waals surface area contributed by atoms with Crippen LogP contribution in [-0.4, -0.2) is 62.8 Å². The van der Waals surface area contributed by atoms with Crippen molar-refractivity contribution in [2.75, 3.05) is 34.0 Å². The number of nitrogens with one attached hydrogen (secondary N) is 1. The van der Waals surface area contributed by atoms with Gasteiger partial charge in [0.15, 0.2) is 18.1 Å². The summed E-state index contributed by atoms with van der Waals surface area (Å²) >= 11 is 6.23. The average molecular weight is 427 g/mol. The highest BCUT2D eigenvalue weighted by atomic mass is 35.5. The van der Waals surface area contributed by atoms with E-state index in [9.17, 15) is 19.2 Å². The number of hydrogen-bond donors (Lipinski definition) is 1. The van der Waals surface area contributed by atoms with Gasteiger partial charge in [0.25, 0.3) is 5.91 Å². The SMILES string of the molecule is CCOc1cc(/C=C2/NC(=O)N(CC(=O)OC)C2=O)cc(Cl)c1OCC(=O)OC. The molecule has 156 valence electrons. The summed E-state index contributed by atoms with van der Waals surface area (Å²) in [4.78, 5) is 47.7. The molecule has 1 N–H and O–H groups in total. The van der Waals surface area contributed by atoms with E-state index in [-0.39, 0.29) is 35.4 Å². The van der Waals surface area contributed by atoms with Crippen LogP contribution in [0.1, 0.15) is 12.5 Å². The van der Waals surface area contributed by atoms with E-state index >= 15 is 0 Å². The van der Waals surface area contributed by atoms with Gasteiger partial charge in [-0.2, -0.15) is 0 Å². The fourth-order valence-electron chi connectivity index (χ4n) is 2.34. The molecule has 1 heterocycles. The molecular formula is C18H19ClN2O8. The maximum atomic E-state index is 12.4. The molecule has 1 aromatic rings. The summed E-state index contributed by atoms with van der Waals surface area (Å²) in [7, 11) is 2.38. The topological polar surface area (TPSA) is 120 Å². The second kappa shape index (κ2) is 9.78. The lowest BCUT2D eigenvalue weighted by Crippen LogP contribution is -2.36. The van der Waals surface area contributed by atoms with Gasteiger partial charge < -0.3 is 24.3 Å². The van der Waals surface area contributed by atoms with Gasteiger partial charge in [-0.1, -0.05) is 11.6 Å². The van der Waals surface area contributed by atoms with Crippen LogP contribution in [0.15, 0.2) is 17.8 Å². The van der Waals surface area contributed by atoms with E-state index < -0.39 is 30.4 Å². The van der Waals surface area contributed by atoms with Gasteiger partial charge in [0, 0.05) is 0 Å². The third-order valence-corrected chi connectivity index (χ3v) is 3.96. The smallest absolute Gasteiger partial charge is 0.343 e. The predicted octanol–water partition coefficient (Wildman–Crippen LogP) is 1.36. The first-order valence-corrected chi connectivity index (χ1v) is 8.75. The Kier molecular flexibility index (Phi) is 7.43. The number of benzene rings is 1. The van der Waals surface area contributed by atoms with Crippen LogP contribution in [-0.2, 0) is 23.9 Å². The Hall–Kier alpha value is -3.27. The highest BCUT2D eigenvalue weighted by Gasteiger charge is 2.35. The fraction of sp³-hybridized carbons (Fsp3) is 0.333. The number of esters is 2. The number of carbonyl (C=O) groups is 4. The molecule has 0 spiro atoms. The zero-order chi connectivity index (χ0) is 21.6. The molecule has 1 aromatic carbocycles. The number of carbonyl (C=O) groups excluding carboxylic acids is 4. The van der Waals surface area contributed by atoms with Crippen LogP contribution < -0.4 is 14.8 Å². The lowest BCUT2D eigenvalue weighted by atomic mass is 10.1. The highest BCUT2D eigenvalue weighted by Crippen LogP contribution is 2.37. The lowest BCUT2D eigenvalue weighted by molar-refractivity contribution is -0.143. The maximum Gasteiger partial charge on any atom is 0.343 e. The van der Waals surface area contributed by atoms with Gasteiger partial charge in [0.1, 0.15) is 12.2 Å². The molecule has 3 amide bonds. The Bertz CT molecular complexity index is 868. The molecule has 29 heavy (non-hydrogen) atoms.